The lowest BCUT2D eigenvalue weighted by molar-refractivity contribution is 0.448. The molecule has 0 fully saturated rings. The van der Waals surface area contributed by atoms with Crippen LogP contribution < -0.4 is 9.64 Å². The molecule has 0 aromatic heterocycles. The first-order valence-corrected chi connectivity index (χ1v) is 10.3. The molecule has 0 saturated carbocycles. The first-order valence-electron chi connectivity index (χ1n) is 10.3. The second-order valence-electron chi connectivity index (χ2n) is 7.89. The zero-order valence-corrected chi connectivity index (χ0v) is 18.2. The summed E-state index contributed by atoms with van der Waals surface area (Å²) in [6, 6.07) is 23.4. The van der Waals surface area contributed by atoms with Crippen LogP contribution in [0.3, 0.4) is 0 Å². The molecule has 3 N–H and O–H groups in total. The average Bonchev–Trinajstić information content (AvgIpc) is 2.71. The van der Waals surface area contributed by atoms with Gasteiger partial charge in [0.25, 0.3) is 0 Å². The maximum Gasteiger partial charge on any atom is 0.134 e. The summed E-state index contributed by atoms with van der Waals surface area (Å²) in [4.78, 5) is 1.95. The Labute approximate surface area is 187 Å². The number of ether oxygens (including phenoxy) is 1. The number of hydrogen-bond donors (Lipinski definition) is 3. The quantitative estimate of drug-likeness (QED) is 0.320. The summed E-state index contributed by atoms with van der Waals surface area (Å²) in [7, 11) is 0. The first-order chi connectivity index (χ1) is 15.3. The number of nitrogens with zero attached hydrogens (tertiary/aromatic N) is 1. The molecule has 0 radical (unpaired) electrons. The highest BCUT2D eigenvalue weighted by Gasteiger charge is 2.16. The van der Waals surface area contributed by atoms with Crippen molar-refractivity contribution in [2.75, 3.05) is 4.90 Å². The third-order valence-electron chi connectivity index (χ3n) is 5.17. The summed E-state index contributed by atoms with van der Waals surface area (Å²) in [5.74, 6) is 1.64. The summed E-state index contributed by atoms with van der Waals surface area (Å²) in [6.45, 7) is 5.63. The van der Waals surface area contributed by atoms with Crippen molar-refractivity contribution < 1.29 is 20.1 Å². The fourth-order valence-corrected chi connectivity index (χ4v) is 3.72. The maximum atomic E-state index is 10.2. The van der Waals surface area contributed by atoms with Gasteiger partial charge in [-0.2, -0.15) is 0 Å². The first kappa shape index (κ1) is 21.1. The van der Waals surface area contributed by atoms with E-state index in [0.717, 1.165) is 28.2 Å². The Balaban J connectivity index is 1.83. The minimum atomic E-state index is 0.157. The summed E-state index contributed by atoms with van der Waals surface area (Å²) in [6.07, 6.45) is 0. The van der Waals surface area contributed by atoms with E-state index in [-0.39, 0.29) is 17.2 Å². The van der Waals surface area contributed by atoms with E-state index in [0.29, 0.717) is 17.1 Å². The number of rotatable bonds is 5. The molecule has 0 bridgehead atoms. The molecule has 4 rings (SSSR count). The third kappa shape index (κ3) is 4.47. The van der Waals surface area contributed by atoms with Crippen molar-refractivity contribution in [2.45, 2.75) is 20.8 Å². The number of phenols is 3. The number of aryl methyl sites for hydroxylation is 2. The molecule has 4 aromatic carbocycles. The summed E-state index contributed by atoms with van der Waals surface area (Å²) >= 11 is 0. The Bertz CT molecular complexity index is 1190. The molecule has 5 heteroatoms. The van der Waals surface area contributed by atoms with Crippen LogP contribution in [0, 0.1) is 20.8 Å². The maximum absolute atomic E-state index is 10.2. The lowest BCUT2D eigenvalue weighted by Gasteiger charge is -2.27. The Morgan fingerprint density at radius 3 is 1.81 bits per heavy atom. The molecular formula is C27H25NO4. The zero-order valence-electron chi connectivity index (χ0n) is 18.2. The molecule has 0 amide bonds. The van der Waals surface area contributed by atoms with E-state index in [1.165, 1.54) is 0 Å². The minimum Gasteiger partial charge on any atom is -0.508 e. The highest BCUT2D eigenvalue weighted by atomic mass is 16.5. The second kappa shape index (κ2) is 8.55. The van der Waals surface area contributed by atoms with Gasteiger partial charge in [0.05, 0.1) is 11.4 Å². The largest absolute Gasteiger partial charge is 0.508 e. The van der Waals surface area contributed by atoms with Crippen LogP contribution in [0.5, 0.6) is 28.7 Å². The molecule has 0 aliphatic heterocycles. The van der Waals surface area contributed by atoms with E-state index < -0.39 is 0 Å². The van der Waals surface area contributed by atoms with Gasteiger partial charge in [-0.15, -0.1) is 0 Å². The number of anilines is 3. The van der Waals surface area contributed by atoms with Crippen LogP contribution in [-0.2, 0) is 0 Å². The van der Waals surface area contributed by atoms with Crippen LogP contribution in [0.1, 0.15) is 16.7 Å². The monoisotopic (exact) mass is 427 g/mol. The van der Waals surface area contributed by atoms with Crippen LogP contribution in [0.25, 0.3) is 0 Å². The summed E-state index contributed by atoms with van der Waals surface area (Å²) in [5, 5.41) is 30.4. The third-order valence-corrected chi connectivity index (χ3v) is 5.17. The van der Waals surface area contributed by atoms with Crippen LogP contribution in [0.4, 0.5) is 17.1 Å². The second-order valence-corrected chi connectivity index (χ2v) is 7.89. The van der Waals surface area contributed by atoms with Crippen LogP contribution in [0.2, 0.25) is 0 Å². The number of benzene rings is 4. The number of phenolic OH excluding ortho intramolecular Hbond substituents is 3. The van der Waals surface area contributed by atoms with E-state index in [1.807, 2.05) is 55.1 Å². The van der Waals surface area contributed by atoms with E-state index in [1.54, 1.807) is 49.4 Å². The van der Waals surface area contributed by atoms with Crippen molar-refractivity contribution in [1.82, 2.24) is 0 Å². The van der Waals surface area contributed by atoms with Crippen LogP contribution >= 0.6 is 0 Å². The molecule has 0 saturated heterocycles. The minimum absolute atomic E-state index is 0.157. The van der Waals surface area contributed by atoms with Crippen LogP contribution in [-0.4, -0.2) is 15.3 Å². The van der Waals surface area contributed by atoms with Gasteiger partial charge >= 0.3 is 0 Å². The van der Waals surface area contributed by atoms with Gasteiger partial charge < -0.3 is 25.0 Å². The zero-order chi connectivity index (χ0) is 22.8. The Morgan fingerprint density at radius 1 is 0.625 bits per heavy atom. The van der Waals surface area contributed by atoms with Crippen molar-refractivity contribution in [3.63, 3.8) is 0 Å². The smallest absolute Gasteiger partial charge is 0.134 e. The molecule has 0 atom stereocenters. The van der Waals surface area contributed by atoms with E-state index in [2.05, 4.69) is 0 Å². The number of aromatic hydroxyl groups is 3. The molecule has 0 spiro atoms. The molecule has 0 aliphatic rings. The lowest BCUT2D eigenvalue weighted by Crippen LogP contribution is -2.10. The molecule has 32 heavy (non-hydrogen) atoms. The van der Waals surface area contributed by atoms with Crippen molar-refractivity contribution in [2.24, 2.45) is 0 Å². The standard InChI is InChI=1S/C27H25NO4/c1-17-10-21(14-23(29)12-17)28(22-11-18(2)13-24(30)15-22)20-6-4-7-25(16-20)32-27-9-5-8-26(31)19(27)3/h4-16,29-31H,1-3H3. The fourth-order valence-electron chi connectivity index (χ4n) is 3.72. The topological polar surface area (TPSA) is 73.2 Å². The highest BCUT2D eigenvalue weighted by molar-refractivity contribution is 5.79. The predicted octanol–water partition coefficient (Wildman–Crippen LogP) is 6.99. The summed E-state index contributed by atoms with van der Waals surface area (Å²) in [5.41, 5.74) is 4.75. The average molecular weight is 428 g/mol. The molecule has 162 valence electrons. The van der Waals surface area contributed by atoms with Gasteiger partial charge in [0.2, 0.25) is 0 Å². The van der Waals surface area contributed by atoms with E-state index in [9.17, 15) is 15.3 Å². The highest BCUT2D eigenvalue weighted by Crippen LogP contribution is 2.40. The molecule has 0 aliphatic carbocycles. The molecule has 0 unspecified atom stereocenters. The van der Waals surface area contributed by atoms with Gasteiger partial charge in [-0.3, -0.25) is 0 Å². The van der Waals surface area contributed by atoms with Crippen molar-refractivity contribution in [3.8, 4) is 28.7 Å². The Hall–Kier alpha value is -4.12. The van der Waals surface area contributed by atoms with Gasteiger partial charge in [-0.25, -0.2) is 0 Å². The molecule has 0 heterocycles. The van der Waals surface area contributed by atoms with Crippen molar-refractivity contribution in [1.29, 1.82) is 0 Å². The molecular weight excluding hydrogens is 402 g/mol. The SMILES string of the molecule is Cc1cc(O)cc(N(c2cc(C)cc(O)c2)c2cccc(Oc3cccc(O)c3C)c2)c1. The van der Waals surface area contributed by atoms with E-state index in [4.69, 9.17) is 4.74 Å². The fraction of sp³-hybridized carbons (Fsp3) is 0.111. The van der Waals surface area contributed by atoms with Gasteiger partial charge in [-0.05, 0) is 80.4 Å². The summed E-state index contributed by atoms with van der Waals surface area (Å²) < 4.78 is 6.06. The van der Waals surface area contributed by atoms with Crippen molar-refractivity contribution in [3.05, 3.63) is 95.6 Å². The van der Waals surface area contributed by atoms with Crippen molar-refractivity contribution >= 4 is 17.1 Å². The molecule has 5 nitrogen and oxygen atoms in total. The lowest BCUT2D eigenvalue weighted by atomic mass is 10.1. The normalized spacial score (nSPS) is 10.7. The van der Waals surface area contributed by atoms with Crippen LogP contribution in [0.15, 0.2) is 78.9 Å². The van der Waals surface area contributed by atoms with Gasteiger partial charge in [0.1, 0.15) is 28.7 Å². The Morgan fingerprint density at radius 2 is 1.22 bits per heavy atom. The van der Waals surface area contributed by atoms with Gasteiger partial charge in [0.15, 0.2) is 0 Å². The predicted molar refractivity (Wildman–Crippen MR) is 127 cm³/mol. The number of hydrogen-bond acceptors (Lipinski definition) is 5. The van der Waals surface area contributed by atoms with E-state index >= 15 is 0 Å². The van der Waals surface area contributed by atoms with Gasteiger partial charge in [-0.1, -0.05) is 12.1 Å². The molecule has 4 aromatic rings. The van der Waals surface area contributed by atoms with Gasteiger partial charge in [0, 0.05) is 29.4 Å². The Kier molecular flexibility index (Phi) is 5.65.